The maximum atomic E-state index is 10.9. The van der Waals surface area contributed by atoms with Gasteiger partial charge in [-0.3, -0.25) is 9.59 Å². The summed E-state index contributed by atoms with van der Waals surface area (Å²) >= 11 is 3.34. The highest BCUT2D eigenvalue weighted by molar-refractivity contribution is 9.10. The molecule has 0 heterocycles. The van der Waals surface area contributed by atoms with Crippen LogP contribution in [0.2, 0.25) is 0 Å². The zero-order valence-corrected chi connectivity index (χ0v) is 12.3. The van der Waals surface area contributed by atoms with Crippen LogP contribution < -0.4 is 0 Å². The van der Waals surface area contributed by atoms with Crippen LogP contribution in [0.15, 0.2) is 28.7 Å². The number of hydrogen-bond acceptors (Lipinski definition) is 2. The highest BCUT2D eigenvalue weighted by atomic mass is 79.9. The van der Waals surface area contributed by atoms with E-state index in [1.165, 1.54) is 4.90 Å². The van der Waals surface area contributed by atoms with Crippen molar-refractivity contribution in [3.05, 3.63) is 34.3 Å². The lowest BCUT2D eigenvalue weighted by atomic mass is 9.97. The van der Waals surface area contributed by atoms with Gasteiger partial charge in [0.1, 0.15) is 0 Å². The van der Waals surface area contributed by atoms with Crippen LogP contribution in [0.5, 0.6) is 0 Å². The molecule has 1 rings (SSSR count). The van der Waals surface area contributed by atoms with Gasteiger partial charge in [0.05, 0.1) is 5.92 Å². The first-order chi connectivity index (χ1) is 8.43. The van der Waals surface area contributed by atoms with Gasteiger partial charge in [-0.15, -0.1) is 0 Å². The number of benzene rings is 1. The molecule has 1 atom stereocenters. The number of hydrogen-bond donors (Lipinski definition) is 1. The summed E-state index contributed by atoms with van der Waals surface area (Å²) in [5.41, 5.74) is 0.845. The quantitative estimate of drug-likeness (QED) is 0.869. The highest BCUT2D eigenvalue weighted by Crippen LogP contribution is 2.27. The van der Waals surface area contributed by atoms with Gasteiger partial charge in [0, 0.05) is 18.6 Å². The molecular weight excluding hydrogens is 298 g/mol. The van der Waals surface area contributed by atoms with E-state index >= 15 is 0 Å². The van der Waals surface area contributed by atoms with Gasteiger partial charge in [-0.05, 0) is 18.1 Å². The molecular formula is C13H18BrNO3. The third-order valence-electron chi connectivity index (χ3n) is 2.20. The zero-order valence-electron chi connectivity index (χ0n) is 10.8. The van der Waals surface area contributed by atoms with E-state index < -0.39 is 11.9 Å². The fourth-order valence-corrected chi connectivity index (χ4v) is 1.85. The van der Waals surface area contributed by atoms with Gasteiger partial charge in [-0.2, -0.15) is 0 Å². The molecule has 5 heteroatoms. The van der Waals surface area contributed by atoms with Crippen molar-refractivity contribution < 1.29 is 14.7 Å². The molecule has 0 aromatic heterocycles. The summed E-state index contributed by atoms with van der Waals surface area (Å²) in [4.78, 5) is 21.7. The van der Waals surface area contributed by atoms with E-state index in [2.05, 4.69) is 15.9 Å². The average Bonchev–Trinajstić information content (AvgIpc) is 2.33. The second-order valence-electron chi connectivity index (χ2n) is 3.89. The van der Waals surface area contributed by atoms with Gasteiger partial charge < -0.3 is 10.0 Å². The summed E-state index contributed by atoms with van der Waals surface area (Å²) in [7, 11) is 3.38. The van der Waals surface area contributed by atoms with Crippen molar-refractivity contribution in [1.29, 1.82) is 0 Å². The molecule has 0 spiro atoms. The maximum Gasteiger partial charge on any atom is 0.311 e. The summed E-state index contributed by atoms with van der Waals surface area (Å²) in [6.45, 7) is 1.87. The number of nitrogens with zero attached hydrogens (tertiary/aromatic N) is 1. The molecule has 1 amide bonds. The van der Waals surface area contributed by atoms with Crippen molar-refractivity contribution in [2.75, 3.05) is 14.1 Å². The lowest BCUT2D eigenvalue weighted by Crippen LogP contribution is -2.10. The Kier molecular flexibility index (Phi) is 8.03. The number of rotatable bonds is 4. The zero-order chi connectivity index (χ0) is 14.1. The molecule has 1 unspecified atom stereocenters. The number of carboxylic acids is 1. The SMILES string of the molecule is CCC(C(=O)O)c1ccccc1Br.CN(C)C=O. The molecule has 0 aliphatic rings. The Morgan fingerprint density at radius 1 is 1.44 bits per heavy atom. The van der Waals surface area contributed by atoms with Gasteiger partial charge in [0.15, 0.2) is 0 Å². The van der Waals surface area contributed by atoms with Crippen LogP contribution in [0.25, 0.3) is 0 Å². The second-order valence-corrected chi connectivity index (χ2v) is 4.74. The largest absolute Gasteiger partial charge is 0.481 e. The van der Waals surface area contributed by atoms with E-state index in [4.69, 9.17) is 5.11 Å². The van der Waals surface area contributed by atoms with Gasteiger partial charge in [0.25, 0.3) is 0 Å². The van der Waals surface area contributed by atoms with Gasteiger partial charge in [-0.25, -0.2) is 0 Å². The lowest BCUT2D eigenvalue weighted by molar-refractivity contribution is -0.138. The van der Waals surface area contributed by atoms with Crippen molar-refractivity contribution in [3.63, 3.8) is 0 Å². The number of carbonyl (C=O) groups excluding carboxylic acids is 1. The first kappa shape index (κ1) is 16.6. The van der Waals surface area contributed by atoms with Gasteiger partial charge >= 0.3 is 5.97 Å². The summed E-state index contributed by atoms with van der Waals surface area (Å²) < 4.78 is 0.865. The van der Waals surface area contributed by atoms with E-state index in [1.807, 2.05) is 31.2 Å². The van der Waals surface area contributed by atoms with E-state index in [-0.39, 0.29) is 0 Å². The molecule has 1 aromatic carbocycles. The van der Waals surface area contributed by atoms with Crippen LogP contribution in [-0.4, -0.2) is 36.5 Å². The summed E-state index contributed by atoms with van der Waals surface area (Å²) in [5, 5.41) is 8.93. The van der Waals surface area contributed by atoms with E-state index in [9.17, 15) is 9.59 Å². The number of carboxylic acid groups (broad SMARTS) is 1. The highest BCUT2D eigenvalue weighted by Gasteiger charge is 2.19. The molecule has 0 bridgehead atoms. The normalized spacial score (nSPS) is 10.9. The number of amides is 1. The summed E-state index contributed by atoms with van der Waals surface area (Å²) in [6, 6.07) is 7.43. The van der Waals surface area contributed by atoms with Crippen LogP contribution >= 0.6 is 15.9 Å². The smallest absolute Gasteiger partial charge is 0.311 e. The molecule has 0 fully saturated rings. The molecule has 0 saturated carbocycles. The molecule has 1 N–H and O–H groups in total. The number of carbonyl (C=O) groups is 2. The second kappa shape index (κ2) is 8.69. The van der Waals surface area contributed by atoms with Crippen LogP contribution in [0.1, 0.15) is 24.8 Å². The van der Waals surface area contributed by atoms with Crippen molar-refractivity contribution in [1.82, 2.24) is 4.90 Å². The molecule has 18 heavy (non-hydrogen) atoms. The minimum atomic E-state index is -0.769. The minimum Gasteiger partial charge on any atom is -0.481 e. The Bertz CT molecular complexity index is 394. The third kappa shape index (κ3) is 5.82. The molecule has 1 aromatic rings. The van der Waals surface area contributed by atoms with Crippen LogP contribution in [0, 0.1) is 0 Å². The molecule has 0 aliphatic heterocycles. The molecule has 100 valence electrons. The Morgan fingerprint density at radius 3 is 2.28 bits per heavy atom. The summed E-state index contributed by atoms with van der Waals surface area (Å²) in [6.07, 6.45) is 1.36. The Labute approximate surface area is 116 Å². The fraction of sp³-hybridized carbons (Fsp3) is 0.385. The van der Waals surface area contributed by atoms with E-state index in [0.717, 1.165) is 16.4 Å². The Hall–Kier alpha value is -1.36. The standard InChI is InChI=1S/C10H11BrO2.C3H7NO/c1-2-7(10(12)13)8-5-3-4-6-9(8)11;1-4(2)3-5/h3-7H,2H2,1H3,(H,12,13);3H,1-2H3. The lowest BCUT2D eigenvalue weighted by Gasteiger charge is -2.11. The maximum absolute atomic E-state index is 10.9. The number of aliphatic carboxylic acids is 1. The molecule has 0 saturated heterocycles. The van der Waals surface area contributed by atoms with Crippen molar-refractivity contribution >= 4 is 28.3 Å². The van der Waals surface area contributed by atoms with E-state index in [1.54, 1.807) is 14.1 Å². The average molecular weight is 316 g/mol. The molecule has 4 nitrogen and oxygen atoms in total. The van der Waals surface area contributed by atoms with E-state index in [0.29, 0.717) is 6.42 Å². The minimum absolute atomic E-state index is 0.407. The predicted molar refractivity (Wildman–Crippen MR) is 74.6 cm³/mol. The monoisotopic (exact) mass is 315 g/mol. The van der Waals surface area contributed by atoms with Crippen LogP contribution in [0.3, 0.4) is 0 Å². The fourth-order valence-electron chi connectivity index (χ4n) is 1.29. The number of halogens is 1. The topological polar surface area (TPSA) is 57.6 Å². The van der Waals surface area contributed by atoms with Crippen LogP contribution in [-0.2, 0) is 9.59 Å². The molecule has 0 radical (unpaired) electrons. The van der Waals surface area contributed by atoms with Crippen LogP contribution in [0.4, 0.5) is 0 Å². The Balaban J connectivity index is 0.000000494. The third-order valence-corrected chi connectivity index (χ3v) is 2.92. The van der Waals surface area contributed by atoms with Crippen molar-refractivity contribution in [2.24, 2.45) is 0 Å². The summed E-state index contributed by atoms with van der Waals surface area (Å²) in [5.74, 6) is -1.18. The first-order valence-corrected chi connectivity index (χ1v) is 6.32. The van der Waals surface area contributed by atoms with Gasteiger partial charge in [0.2, 0.25) is 6.41 Å². The Morgan fingerprint density at radius 2 is 1.94 bits per heavy atom. The van der Waals surface area contributed by atoms with Crippen molar-refractivity contribution in [3.8, 4) is 0 Å². The van der Waals surface area contributed by atoms with Gasteiger partial charge in [-0.1, -0.05) is 41.1 Å². The predicted octanol–water partition coefficient (Wildman–Crippen LogP) is 2.73. The van der Waals surface area contributed by atoms with Crippen molar-refractivity contribution in [2.45, 2.75) is 19.3 Å². The molecule has 0 aliphatic carbocycles. The first-order valence-electron chi connectivity index (χ1n) is 5.53.